The Morgan fingerprint density at radius 2 is 1.06 bits per heavy atom. The van der Waals surface area contributed by atoms with Crippen LogP contribution in [0.2, 0.25) is 0 Å². The Morgan fingerprint density at radius 3 is 1.50 bits per heavy atom. The summed E-state index contributed by atoms with van der Waals surface area (Å²) in [6.45, 7) is 0. The second-order valence-electron chi connectivity index (χ2n) is 7.22. The van der Waals surface area contributed by atoms with Crippen molar-refractivity contribution >= 4 is 36.9 Å². The number of hydrogen-bond acceptors (Lipinski definition) is 6. The van der Waals surface area contributed by atoms with E-state index >= 15 is 0 Å². The quantitative estimate of drug-likeness (QED) is 0.254. The van der Waals surface area contributed by atoms with E-state index in [1.54, 1.807) is 21.8 Å². The zero-order valence-corrected chi connectivity index (χ0v) is 19.4. The first-order valence-electron chi connectivity index (χ1n) is 10.3. The van der Waals surface area contributed by atoms with Crippen molar-refractivity contribution in [3.8, 4) is 22.8 Å². The number of nitrogens with zero attached hydrogens (tertiary/aromatic N) is 6. The number of nitrogens with one attached hydrogen (secondary N) is 2. The number of benzene rings is 3. The largest absolute Gasteiger partial charge is 0.250 e. The Bertz CT molecular complexity index is 1470. The van der Waals surface area contributed by atoms with Gasteiger partial charge in [0, 0.05) is 11.1 Å². The summed E-state index contributed by atoms with van der Waals surface area (Å²) in [6.07, 6.45) is 3.46. The lowest BCUT2D eigenvalue weighted by Gasteiger charge is -2.02. The van der Waals surface area contributed by atoms with Crippen LogP contribution in [0, 0.1) is 9.54 Å². The lowest BCUT2D eigenvalue weighted by molar-refractivity contribution is 0.871. The van der Waals surface area contributed by atoms with Crippen LogP contribution in [-0.2, 0) is 0 Å². The second-order valence-corrected chi connectivity index (χ2v) is 7.99. The van der Waals surface area contributed by atoms with E-state index in [0.717, 1.165) is 22.3 Å². The van der Waals surface area contributed by atoms with Gasteiger partial charge in [0.1, 0.15) is 0 Å². The van der Waals surface area contributed by atoms with Crippen LogP contribution >= 0.6 is 24.4 Å². The topological polar surface area (TPSA) is 91.9 Å². The van der Waals surface area contributed by atoms with E-state index < -0.39 is 0 Å². The first-order valence-corrected chi connectivity index (χ1v) is 11.2. The fourth-order valence-electron chi connectivity index (χ4n) is 3.31. The van der Waals surface area contributed by atoms with Crippen molar-refractivity contribution < 1.29 is 0 Å². The Hall–Kier alpha value is -4.28. The minimum atomic E-state index is 0.413. The SMILES string of the molecule is S=c1[nH]nc(-c2ccccc2)n1/N=C/c1cccc(/C=N/n2c(-c3ccccc3)n[nH]c2=S)c1. The van der Waals surface area contributed by atoms with Crippen molar-refractivity contribution in [2.24, 2.45) is 10.2 Å². The lowest BCUT2D eigenvalue weighted by atomic mass is 10.1. The molecule has 0 saturated heterocycles. The molecule has 2 aromatic heterocycles. The molecule has 166 valence electrons. The average molecular weight is 483 g/mol. The monoisotopic (exact) mass is 482 g/mol. The molecule has 0 aliphatic heterocycles. The van der Waals surface area contributed by atoms with E-state index in [2.05, 4.69) is 30.6 Å². The molecule has 5 aromatic rings. The van der Waals surface area contributed by atoms with Crippen molar-refractivity contribution in [3.63, 3.8) is 0 Å². The molecule has 0 saturated carbocycles. The molecule has 5 rings (SSSR count). The molecular formula is C24H18N8S2. The Morgan fingerprint density at radius 1 is 0.618 bits per heavy atom. The first kappa shape index (κ1) is 21.6. The third-order valence-corrected chi connectivity index (χ3v) is 5.45. The maximum absolute atomic E-state index is 5.35. The summed E-state index contributed by atoms with van der Waals surface area (Å²) < 4.78 is 4.02. The summed E-state index contributed by atoms with van der Waals surface area (Å²) in [5, 5.41) is 23.3. The smallest absolute Gasteiger partial charge is 0.216 e. The van der Waals surface area contributed by atoms with Gasteiger partial charge in [-0.1, -0.05) is 78.9 Å². The van der Waals surface area contributed by atoms with E-state index in [1.807, 2.05) is 84.9 Å². The molecule has 8 nitrogen and oxygen atoms in total. The van der Waals surface area contributed by atoms with Crippen molar-refractivity contribution in [3.05, 3.63) is 106 Å². The van der Waals surface area contributed by atoms with Crippen LogP contribution < -0.4 is 0 Å². The van der Waals surface area contributed by atoms with Crippen molar-refractivity contribution in [1.82, 2.24) is 29.7 Å². The molecule has 0 spiro atoms. The van der Waals surface area contributed by atoms with E-state index in [1.165, 1.54) is 0 Å². The molecule has 0 aliphatic carbocycles. The zero-order chi connectivity index (χ0) is 23.3. The summed E-state index contributed by atoms with van der Waals surface area (Å²) in [6, 6.07) is 27.3. The molecular weight excluding hydrogens is 464 g/mol. The van der Waals surface area contributed by atoms with Crippen LogP contribution in [0.4, 0.5) is 0 Å². The standard InChI is InChI=1S/C24H18N8S2/c33-23-29-27-21(19-10-3-1-4-11-19)31(23)25-15-17-8-7-9-18(14-17)16-26-32-22(28-30-24(32)34)20-12-5-2-6-13-20/h1-16H,(H,29,33)(H,30,34)/b25-15+,26-16+. The van der Waals surface area contributed by atoms with Crippen molar-refractivity contribution in [2.45, 2.75) is 0 Å². The van der Waals surface area contributed by atoms with Crippen molar-refractivity contribution in [1.29, 1.82) is 0 Å². The molecule has 0 aliphatic rings. The van der Waals surface area contributed by atoms with Crippen LogP contribution in [0.25, 0.3) is 22.8 Å². The van der Waals surface area contributed by atoms with Gasteiger partial charge >= 0.3 is 0 Å². The maximum Gasteiger partial charge on any atom is 0.216 e. The van der Waals surface area contributed by atoms with Gasteiger partial charge in [-0.3, -0.25) is 0 Å². The Balaban J connectivity index is 1.42. The third kappa shape index (κ3) is 4.58. The van der Waals surface area contributed by atoms with Crippen LogP contribution in [0.1, 0.15) is 11.1 Å². The minimum Gasteiger partial charge on any atom is -0.250 e. The van der Waals surface area contributed by atoms with Crippen LogP contribution in [0.5, 0.6) is 0 Å². The highest BCUT2D eigenvalue weighted by molar-refractivity contribution is 7.71. The van der Waals surface area contributed by atoms with Gasteiger partial charge < -0.3 is 0 Å². The lowest BCUT2D eigenvalue weighted by Crippen LogP contribution is -1.96. The van der Waals surface area contributed by atoms with E-state index in [9.17, 15) is 0 Å². The van der Waals surface area contributed by atoms with Crippen molar-refractivity contribution in [2.75, 3.05) is 0 Å². The minimum absolute atomic E-state index is 0.413. The molecule has 0 atom stereocenters. The van der Waals surface area contributed by atoms with Crippen LogP contribution in [0.15, 0.2) is 95.1 Å². The summed E-state index contributed by atoms with van der Waals surface area (Å²) in [5.41, 5.74) is 3.59. The fraction of sp³-hybridized carbons (Fsp3) is 0. The Labute approximate surface area is 204 Å². The molecule has 0 amide bonds. The van der Waals surface area contributed by atoms with Crippen LogP contribution in [0.3, 0.4) is 0 Å². The molecule has 10 heteroatoms. The number of H-pyrrole nitrogens is 2. The zero-order valence-electron chi connectivity index (χ0n) is 17.7. The molecule has 0 fully saturated rings. The first-order chi connectivity index (χ1) is 16.7. The van der Waals surface area contributed by atoms with Gasteiger partial charge in [0.15, 0.2) is 11.6 Å². The second kappa shape index (κ2) is 9.69. The predicted molar refractivity (Wildman–Crippen MR) is 138 cm³/mol. The molecule has 3 aromatic carbocycles. The molecule has 0 radical (unpaired) electrons. The highest BCUT2D eigenvalue weighted by Crippen LogP contribution is 2.17. The molecule has 2 N–H and O–H groups in total. The summed E-state index contributed by atoms with van der Waals surface area (Å²) in [4.78, 5) is 0. The van der Waals surface area contributed by atoms with E-state index in [0.29, 0.717) is 21.2 Å². The number of hydrogen-bond donors (Lipinski definition) is 2. The van der Waals surface area contributed by atoms with Gasteiger partial charge in [-0.15, -0.1) is 0 Å². The third-order valence-electron chi connectivity index (χ3n) is 4.92. The molecule has 2 heterocycles. The van der Waals surface area contributed by atoms with Gasteiger partial charge in [-0.2, -0.15) is 29.8 Å². The molecule has 0 bridgehead atoms. The average Bonchev–Trinajstić information content (AvgIpc) is 3.44. The van der Waals surface area contributed by atoms with Crippen LogP contribution in [-0.4, -0.2) is 42.2 Å². The summed E-state index contributed by atoms with van der Waals surface area (Å²) in [5.74, 6) is 1.28. The molecule has 34 heavy (non-hydrogen) atoms. The van der Waals surface area contributed by atoms with Gasteiger partial charge in [0.2, 0.25) is 9.54 Å². The summed E-state index contributed by atoms with van der Waals surface area (Å²) >= 11 is 10.7. The van der Waals surface area contributed by atoms with Gasteiger partial charge in [0.05, 0.1) is 12.4 Å². The maximum atomic E-state index is 5.35. The highest BCUT2D eigenvalue weighted by Gasteiger charge is 2.08. The fourth-order valence-corrected chi connectivity index (χ4v) is 3.67. The van der Waals surface area contributed by atoms with Gasteiger partial charge in [0.25, 0.3) is 0 Å². The molecule has 0 unspecified atom stereocenters. The van der Waals surface area contributed by atoms with Gasteiger partial charge in [-0.05, 0) is 41.6 Å². The normalized spacial score (nSPS) is 11.5. The number of rotatable bonds is 6. The van der Waals surface area contributed by atoms with Gasteiger partial charge in [-0.25, -0.2) is 10.2 Å². The number of aromatic amines is 2. The number of aromatic nitrogens is 6. The highest BCUT2D eigenvalue weighted by atomic mass is 32.1. The Kier molecular flexibility index (Phi) is 6.15. The summed E-state index contributed by atoms with van der Waals surface area (Å²) in [7, 11) is 0. The predicted octanol–water partition coefficient (Wildman–Crippen LogP) is 5.29. The van der Waals surface area contributed by atoms with E-state index in [-0.39, 0.29) is 0 Å². The van der Waals surface area contributed by atoms with E-state index in [4.69, 9.17) is 24.4 Å².